The number of hydrogen-bond donors (Lipinski definition) is 2. The molecule has 0 unspecified atom stereocenters. The first-order chi connectivity index (χ1) is 18.1. The van der Waals surface area contributed by atoms with Crippen LogP contribution in [0.1, 0.15) is 107 Å². The van der Waals surface area contributed by atoms with Gasteiger partial charge in [-0.2, -0.15) is 5.10 Å². The number of phenolic OH excluding ortho intramolecular Hbond substituents is 1. The topological polar surface area (TPSA) is 101 Å². The molecule has 1 aliphatic carbocycles. The Morgan fingerprint density at radius 2 is 1.46 bits per heavy atom. The molecule has 0 atom stereocenters. The predicted octanol–water partition coefficient (Wildman–Crippen LogP) is 6.88. The number of hydrogen-bond acceptors (Lipinski definition) is 5. The van der Waals surface area contributed by atoms with Gasteiger partial charge in [0.05, 0.1) is 10.6 Å². The zero-order valence-electron chi connectivity index (χ0n) is 24.1. The van der Waals surface area contributed by atoms with E-state index in [1.54, 1.807) is 28.9 Å². The summed E-state index contributed by atoms with van der Waals surface area (Å²) in [6, 6.07) is 12.2. The third-order valence-electron chi connectivity index (χ3n) is 7.49. The number of nitrogens with one attached hydrogen (secondary N) is 1. The Bertz CT molecular complexity index is 1430. The minimum atomic E-state index is -3.32. The van der Waals surface area contributed by atoms with Gasteiger partial charge in [0.2, 0.25) is 0 Å². The van der Waals surface area contributed by atoms with E-state index in [0.29, 0.717) is 11.4 Å². The van der Waals surface area contributed by atoms with Crippen molar-refractivity contribution in [2.45, 2.75) is 95.3 Å². The molecular formula is C31H41N3O4S. The first kappa shape index (κ1) is 28.9. The molecule has 210 valence electrons. The molecule has 0 spiro atoms. The second-order valence-electron chi connectivity index (χ2n) is 12.8. The maximum atomic E-state index is 13.6. The standard InChI is InChI=1S/C31H41N3O4S/c1-30(2,3)24-17-21(18-25(28(24)35)31(4,5)6)32-29(36)26-19-27(20-11-9-8-10-12-20)34(33-26)22-13-15-23(16-14-22)39(7,37)38/h13-20,35H,8-12H2,1-7H3,(H,32,36). The van der Waals surface area contributed by atoms with Crippen molar-refractivity contribution in [1.29, 1.82) is 0 Å². The van der Waals surface area contributed by atoms with Crippen molar-refractivity contribution in [3.63, 3.8) is 0 Å². The molecule has 8 heteroatoms. The number of phenols is 1. The van der Waals surface area contributed by atoms with Gasteiger partial charge in [-0.3, -0.25) is 4.79 Å². The molecule has 7 nitrogen and oxygen atoms in total. The van der Waals surface area contributed by atoms with Crippen LogP contribution in [0.25, 0.3) is 5.69 Å². The number of aromatic hydroxyl groups is 1. The summed E-state index contributed by atoms with van der Waals surface area (Å²) in [5.41, 5.74) is 3.48. The lowest BCUT2D eigenvalue weighted by atomic mass is 9.79. The molecule has 1 saturated carbocycles. The molecule has 1 amide bonds. The zero-order valence-corrected chi connectivity index (χ0v) is 24.9. The van der Waals surface area contributed by atoms with Gasteiger partial charge in [0.1, 0.15) is 5.75 Å². The fourth-order valence-corrected chi connectivity index (χ4v) is 5.91. The first-order valence-electron chi connectivity index (χ1n) is 13.7. The van der Waals surface area contributed by atoms with Gasteiger partial charge in [-0.25, -0.2) is 13.1 Å². The first-order valence-corrected chi connectivity index (χ1v) is 15.5. The molecule has 1 fully saturated rings. The molecule has 39 heavy (non-hydrogen) atoms. The van der Waals surface area contributed by atoms with Crippen LogP contribution in [0.4, 0.5) is 5.69 Å². The Morgan fingerprint density at radius 3 is 1.95 bits per heavy atom. The number of amides is 1. The number of benzene rings is 2. The highest BCUT2D eigenvalue weighted by molar-refractivity contribution is 7.90. The van der Waals surface area contributed by atoms with E-state index in [4.69, 9.17) is 5.10 Å². The molecule has 0 bridgehead atoms. The van der Waals surface area contributed by atoms with Crippen LogP contribution in [0, 0.1) is 0 Å². The predicted molar refractivity (Wildman–Crippen MR) is 156 cm³/mol. The van der Waals surface area contributed by atoms with E-state index in [9.17, 15) is 18.3 Å². The Hall–Kier alpha value is -3.13. The third kappa shape index (κ3) is 6.38. The number of carbonyl (C=O) groups is 1. The molecule has 1 aliphatic rings. The smallest absolute Gasteiger partial charge is 0.276 e. The second-order valence-corrected chi connectivity index (χ2v) is 14.9. The van der Waals surface area contributed by atoms with Gasteiger partial charge in [-0.05, 0) is 66.1 Å². The highest BCUT2D eigenvalue weighted by Crippen LogP contribution is 2.41. The normalized spacial score (nSPS) is 15.4. The largest absolute Gasteiger partial charge is 0.507 e. The van der Waals surface area contributed by atoms with Crippen LogP contribution >= 0.6 is 0 Å². The quantitative estimate of drug-likeness (QED) is 0.337. The maximum Gasteiger partial charge on any atom is 0.276 e. The number of anilines is 1. The molecule has 4 rings (SSSR count). The van der Waals surface area contributed by atoms with Crippen molar-refractivity contribution >= 4 is 21.4 Å². The van der Waals surface area contributed by atoms with Crippen LogP contribution in [-0.4, -0.2) is 35.5 Å². The molecular weight excluding hydrogens is 510 g/mol. The summed E-state index contributed by atoms with van der Waals surface area (Å²) in [4.78, 5) is 13.8. The summed E-state index contributed by atoms with van der Waals surface area (Å²) < 4.78 is 25.7. The number of nitrogens with zero attached hydrogens (tertiary/aromatic N) is 2. The van der Waals surface area contributed by atoms with Crippen LogP contribution in [0.2, 0.25) is 0 Å². The number of rotatable bonds is 5. The van der Waals surface area contributed by atoms with Gasteiger partial charge in [0.15, 0.2) is 15.5 Å². The van der Waals surface area contributed by atoms with Gasteiger partial charge in [0, 0.05) is 34.7 Å². The van der Waals surface area contributed by atoms with Gasteiger partial charge in [-0.15, -0.1) is 0 Å². The number of sulfone groups is 1. The lowest BCUT2D eigenvalue weighted by molar-refractivity contribution is 0.102. The van der Waals surface area contributed by atoms with Crippen molar-refractivity contribution in [3.8, 4) is 11.4 Å². The van der Waals surface area contributed by atoms with E-state index in [-0.39, 0.29) is 33.3 Å². The molecule has 1 aromatic heterocycles. The Labute approximate surface area is 232 Å². The van der Waals surface area contributed by atoms with E-state index in [1.807, 2.05) is 59.7 Å². The van der Waals surface area contributed by atoms with Crippen LogP contribution in [-0.2, 0) is 20.7 Å². The summed E-state index contributed by atoms with van der Waals surface area (Å²) >= 11 is 0. The van der Waals surface area contributed by atoms with Gasteiger partial charge >= 0.3 is 0 Å². The fourth-order valence-electron chi connectivity index (χ4n) is 5.28. The Balaban J connectivity index is 1.74. The molecule has 0 aliphatic heterocycles. The summed E-state index contributed by atoms with van der Waals surface area (Å²) in [5, 5.41) is 18.8. The fraction of sp³-hybridized carbons (Fsp3) is 0.484. The Kier molecular flexibility index (Phi) is 7.74. The lowest BCUT2D eigenvalue weighted by Gasteiger charge is -2.28. The van der Waals surface area contributed by atoms with Crippen molar-refractivity contribution in [1.82, 2.24) is 9.78 Å². The summed E-state index contributed by atoms with van der Waals surface area (Å²) in [7, 11) is -3.32. The van der Waals surface area contributed by atoms with Crippen molar-refractivity contribution in [2.24, 2.45) is 0 Å². The molecule has 0 radical (unpaired) electrons. The van der Waals surface area contributed by atoms with Crippen molar-refractivity contribution in [3.05, 3.63) is 65.0 Å². The van der Waals surface area contributed by atoms with Crippen LogP contribution < -0.4 is 5.32 Å². The number of carbonyl (C=O) groups excluding carboxylic acids is 1. The average molecular weight is 552 g/mol. The van der Waals surface area contributed by atoms with Gasteiger partial charge in [0.25, 0.3) is 5.91 Å². The van der Waals surface area contributed by atoms with Crippen LogP contribution in [0.5, 0.6) is 5.75 Å². The lowest BCUT2D eigenvalue weighted by Crippen LogP contribution is -2.19. The SMILES string of the molecule is CC(C)(C)c1cc(NC(=O)c2cc(C3CCCCC3)n(-c3ccc(S(C)(=O)=O)cc3)n2)cc(C(C)(C)C)c1O. The third-order valence-corrected chi connectivity index (χ3v) is 8.61. The molecule has 2 N–H and O–H groups in total. The van der Waals surface area contributed by atoms with E-state index in [0.717, 1.165) is 48.2 Å². The van der Waals surface area contributed by atoms with Crippen molar-refractivity contribution in [2.75, 3.05) is 11.6 Å². The minimum Gasteiger partial charge on any atom is -0.507 e. The maximum absolute atomic E-state index is 13.6. The highest BCUT2D eigenvalue weighted by Gasteiger charge is 2.28. The molecule has 0 saturated heterocycles. The average Bonchev–Trinajstić information content (AvgIpc) is 3.29. The number of aromatic nitrogens is 2. The summed E-state index contributed by atoms with van der Waals surface area (Å²) in [6.45, 7) is 12.2. The van der Waals surface area contributed by atoms with Gasteiger partial charge in [-0.1, -0.05) is 60.8 Å². The minimum absolute atomic E-state index is 0.243. The van der Waals surface area contributed by atoms with E-state index >= 15 is 0 Å². The molecule has 1 heterocycles. The van der Waals surface area contributed by atoms with Crippen LogP contribution in [0.15, 0.2) is 47.4 Å². The molecule has 2 aromatic carbocycles. The second kappa shape index (κ2) is 10.5. The molecule has 3 aromatic rings. The monoisotopic (exact) mass is 551 g/mol. The van der Waals surface area contributed by atoms with Gasteiger partial charge < -0.3 is 10.4 Å². The van der Waals surface area contributed by atoms with Crippen molar-refractivity contribution < 1.29 is 18.3 Å². The van der Waals surface area contributed by atoms with E-state index < -0.39 is 9.84 Å². The van der Waals surface area contributed by atoms with E-state index in [1.165, 1.54) is 12.7 Å². The summed E-state index contributed by atoms with van der Waals surface area (Å²) in [6.07, 6.45) is 6.69. The van der Waals surface area contributed by atoms with Crippen LogP contribution in [0.3, 0.4) is 0 Å². The highest BCUT2D eigenvalue weighted by atomic mass is 32.2. The Morgan fingerprint density at radius 1 is 0.923 bits per heavy atom. The van der Waals surface area contributed by atoms with E-state index in [2.05, 4.69) is 5.32 Å². The zero-order chi connectivity index (χ0) is 28.8. The summed E-state index contributed by atoms with van der Waals surface area (Å²) in [5.74, 6) is 0.203.